The lowest BCUT2D eigenvalue weighted by atomic mass is 10.1. The van der Waals surface area contributed by atoms with Gasteiger partial charge in [-0.1, -0.05) is 47.5 Å². The molecule has 2 N–H and O–H groups in total. The van der Waals surface area contributed by atoms with Crippen LogP contribution in [0.4, 0.5) is 21.8 Å². The number of benzene rings is 2. The van der Waals surface area contributed by atoms with Crippen molar-refractivity contribution in [2.24, 2.45) is 0 Å². The third-order valence-corrected chi connectivity index (χ3v) is 4.14. The number of halogens is 3. The highest BCUT2D eigenvalue weighted by atomic mass is 35.5. The van der Waals surface area contributed by atoms with E-state index < -0.39 is 0 Å². The quantitative estimate of drug-likeness (QED) is 0.610. The smallest absolute Gasteiger partial charge is 0.229 e. The molecule has 0 radical (unpaired) electrons. The Bertz CT molecular complexity index is 853. The summed E-state index contributed by atoms with van der Waals surface area (Å²) in [6.45, 7) is 0.546. The van der Waals surface area contributed by atoms with Gasteiger partial charge in [0.25, 0.3) is 0 Å². The van der Waals surface area contributed by atoms with Gasteiger partial charge in [0.1, 0.15) is 11.6 Å². The third-order valence-electron chi connectivity index (χ3n) is 3.51. The van der Waals surface area contributed by atoms with E-state index >= 15 is 0 Å². The number of nitrogens with one attached hydrogen (secondary N) is 2. The van der Waals surface area contributed by atoms with Crippen LogP contribution in [0.1, 0.15) is 5.56 Å². The maximum Gasteiger partial charge on any atom is 0.229 e. The van der Waals surface area contributed by atoms with Gasteiger partial charge in [-0.15, -0.1) is 0 Å². The average molecular weight is 377 g/mol. The normalized spacial score (nSPS) is 10.5. The molecule has 7 heteroatoms. The molecule has 1 aromatic heterocycles. The first-order chi connectivity index (χ1) is 12.1. The van der Waals surface area contributed by atoms with Crippen LogP contribution in [-0.4, -0.2) is 16.5 Å². The molecule has 0 saturated carbocycles. The topological polar surface area (TPSA) is 49.8 Å². The predicted molar refractivity (Wildman–Crippen MR) is 100 cm³/mol. The fourth-order valence-electron chi connectivity index (χ4n) is 2.27. The zero-order valence-electron chi connectivity index (χ0n) is 13.1. The van der Waals surface area contributed by atoms with Crippen molar-refractivity contribution >= 4 is 40.7 Å². The summed E-state index contributed by atoms with van der Waals surface area (Å²) in [4.78, 5) is 8.52. The maximum atomic E-state index is 13.6. The summed E-state index contributed by atoms with van der Waals surface area (Å²) in [5.74, 6) is 0.783. The number of nitrogens with zero attached hydrogens (tertiary/aromatic N) is 2. The molecule has 0 aliphatic carbocycles. The summed E-state index contributed by atoms with van der Waals surface area (Å²) in [7, 11) is 0. The van der Waals surface area contributed by atoms with Crippen molar-refractivity contribution < 1.29 is 4.39 Å². The Morgan fingerprint density at radius 2 is 1.72 bits per heavy atom. The lowest BCUT2D eigenvalue weighted by Crippen LogP contribution is -2.08. The second kappa shape index (κ2) is 8.14. The molecule has 2 aromatic carbocycles. The minimum absolute atomic E-state index is 0.206. The van der Waals surface area contributed by atoms with E-state index in [0.717, 1.165) is 0 Å². The molecule has 0 saturated heterocycles. The standard InChI is InChI=1S/C18H15Cl2FN4/c19-13-5-3-6-14(20)17(13)25-18-23-11-9-16(24-18)22-10-8-12-4-1-2-7-15(12)21/h1-7,9,11H,8,10H2,(H2,22,23,24,25). The summed E-state index contributed by atoms with van der Waals surface area (Å²) in [5.41, 5.74) is 1.21. The van der Waals surface area contributed by atoms with Crippen LogP contribution in [0.3, 0.4) is 0 Å². The number of rotatable bonds is 6. The fourth-order valence-corrected chi connectivity index (χ4v) is 2.76. The minimum atomic E-state index is -0.206. The van der Waals surface area contributed by atoms with E-state index in [9.17, 15) is 4.39 Å². The molecule has 0 aliphatic rings. The van der Waals surface area contributed by atoms with Crippen molar-refractivity contribution in [2.45, 2.75) is 6.42 Å². The number of aromatic nitrogens is 2. The average Bonchev–Trinajstić information content (AvgIpc) is 2.60. The first kappa shape index (κ1) is 17.5. The second-order valence-corrected chi connectivity index (χ2v) is 6.07. The van der Waals surface area contributed by atoms with Crippen molar-refractivity contribution in [1.82, 2.24) is 9.97 Å². The maximum absolute atomic E-state index is 13.6. The lowest BCUT2D eigenvalue weighted by molar-refractivity contribution is 0.610. The van der Waals surface area contributed by atoms with E-state index in [1.165, 1.54) is 6.07 Å². The first-order valence-electron chi connectivity index (χ1n) is 7.65. The summed E-state index contributed by atoms with van der Waals surface area (Å²) in [6, 6.07) is 13.7. The molecule has 3 rings (SSSR count). The van der Waals surface area contributed by atoms with Gasteiger partial charge in [0, 0.05) is 12.7 Å². The van der Waals surface area contributed by atoms with Crippen LogP contribution in [0, 0.1) is 5.82 Å². The van der Waals surface area contributed by atoms with Crippen molar-refractivity contribution in [2.75, 3.05) is 17.2 Å². The Hall–Kier alpha value is -2.37. The van der Waals surface area contributed by atoms with Crippen LogP contribution in [0.2, 0.25) is 10.0 Å². The van der Waals surface area contributed by atoms with Crippen LogP contribution in [0.5, 0.6) is 0 Å². The number of hydrogen-bond acceptors (Lipinski definition) is 4. The van der Waals surface area contributed by atoms with E-state index in [4.69, 9.17) is 23.2 Å². The van der Waals surface area contributed by atoms with Gasteiger partial charge in [0.05, 0.1) is 15.7 Å². The largest absolute Gasteiger partial charge is 0.370 e. The highest BCUT2D eigenvalue weighted by molar-refractivity contribution is 6.39. The number of para-hydroxylation sites is 1. The summed E-state index contributed by atoms with van der Waals surface area (Å²) in [6.07, 6.45) is 2.17. The van der Waals surface area contributed by atoms with Crippen LogP contribution < -0.4 is 10.6 Å². The minimum Gasteiger partial charge on any atom is -0.370 e. The fraction of sp³-hybridized carbons (Fsp3) is 0.111. The molecule has 4 nitrogen and oxygen atoms in total. The number of hydrogen-bond donors (Lipinski definition) is 2. The Morgan fingerprint density at radius 3 is 2.48 bits per heavy atom. The lowest BCUT2D eigenvalue weighted by Gasteiger charge is -2.10. The highest BCUT2D eigenvalue weighted by Crippen LogP contribution is 2.31. The van der Waals surface area contributed by atoms with Gasteiger partial charge in [-0.05, 0) is 36.2 Å². The molecule has 0 spiro atoms. The van der Waals surface area contributed by atoms with E-state index in [-0.39, 0.29) is 5.82 Å². The zero-order chi connectivity index (χ0) is 17.6. The molecule has 128 valence electrons. The summed E-state index contributed by atoms with van der Waals surface area (Å²) < 4.78 is 13.6. The molecule has 25 heavy (non-hydrogen) atoms. The molecular formula is C18H15Cl2FN4. The highest BCUT2D eigenvalue weighted by Gasteiger charge is 2.08. The Morgan fingerprint density at radius 1 is 0.960 bits per heavy atom. The molecule has 0 atom stereocenters. The SMILES string of the molecule is Fc1ccccc1CCNc1ccnc(Nc2c(Cl)cccc2Cl)n1. The molecule has 0 amide bonds. The Kier molecular flexibility index (Phi) is 5.68. The Labute approximate surface area is 155 Å². The van der Waals surface area contributed by atoms with Gasteiger partial charge < -0.3 is 10.6 Å². The van der Waals surface area contributed by atoms with E-state index in [2.05, 4.69) is 20.6 Å². The molecule has 0 bridgehead atoms. The van der Waals surface area contributed by atoms with Gasteiger partial charge in [-0.3, -0.25) is 0 Å². The van der Waals surface area contributed by atoms with E-state index in [0.29, 0.717) is 46.0 Å². The third kappa shape index (κ3) is 4.59. The first-order valence-corrected chi connectivity index (χ1v) is 8.40. The van der Waals surface area contributed by atoms with Gasteiger partial charge in [-0.2, -0.15) is 4.98 Å². The number of anilines is 3. The molecule has 1 heterocycles. The monoisotopic (exact) mass is 376 g/mol. The predicted octanol–water partition coefficient (Wildman–Crippen LogP) is 5.32. The van der Waals surface area contributed by atoms with Gasteiger partial charge in [0.2, 0.25) is 5.95 Å². The van der Waals surface area contributed by atoms with Gasteiger partial charge in [0.15, 0.2) is 0 Å². The molecule has 0 unspecified atom stereocenters. The van der Waals surface area contributed by atoms with Crippen molar-refractivity contribution in [3.05, 3.63) is 76.2 Å². The second-order valence-electron chi connectivity index (χ2n) is 5.26. The van der Waals surface area contributed by atoms with E-state index in [1.54, 1.807) is 42.6 Å². The van der Waals surface area contributed by atoms with Crippen molar-refractivity contribution in [1.29, 1.82) is 0 Å². The van der Waals surface area contributed by atoms with E-state index in [1.807, 2.05) is 6.07 Å². The van der Waals surface area contributed by atoms with Gasteiger partial charge >= 0.3 is 0 Å². The van der Waals surface area contributed by atoms with Crippen LogP contribution >= 0.6 is 23.2 Å². The van der Waals surface area contributed by atoms with Crippen molar-refractivity contribution in [3.8, 4) is 0 Å². The Balaban J connectivity index is 1.65. The van der Waals surface area contributed by atoms with Crippen LogP contribution in [-0.2, 0) is 6.42 Å². The van der Waals surface area contributed by atoms with Crippen LogP contribution in [0.25, 0.3) is 0 Å². The summed E-state index contributed by atoms with van der Waals surface area (Å²) >= 11 is 12.3. The van der Waals surface area contributed by atoms with Crippen molar-refractivity contribution in [3.63, 3.8) is 0 Å². The zero-order valence-corrected chi connectivity index (χ0v) is 14.7. The molecule has 0 aliphatic heterocycles. The van der Waals surface area contributed by atoms with Gasteiger partial charge in [-0.25, -0.2) is 9.37 Å². The molecule has 3 aromatic rings. The van der Waals surface area contributed by atoms with Crippen LogP contribution in [0.15, 0.2) is 54.7 Å². The summed E-state index contributed by atoms with van der Waals surface area (Å²) in [5, 5.41) is 7.13. The molecule has 0 fully saturated rings. The molecular weight excluding hydrogens is 362 g/mol.